The summed E-state index contributed by atoms with van der Waals surface area (Å²) in [6.07, 6.45) is 3.53. The number of rotatable bonds is 3. The molecule has 0 saturated heterocycles. The number of benzene rings is 1. The van der Waals surface area contributed by atoms with E-state index in [4.69, 9.17) is 4.42 Å². The molecule has 1 unspecified atom stereocenters. The predicted molar refractivity (Wildman–Crippen MR) is 75.0 cm³/mol. The summed E-state index contributed by atoms with van der Waals surface area (Å²) < 4.78 is 5.53. The number of anilines is 1. The third-order valence-corrected chi connectivity index (χ3v) is 3.04. The second-order valence-corrected chi connectivity index (χ2v) is 4.56. The van der Waals surface area contributed by atoms with Crippen LogP contribution < -0.4 is 5.32 Å². The van der Waals surface area contributed by atoms with Gasteiger partial charge in [-0.25, -0.2) is 9.97 Å². The van der Waals surface area contributed by atoms with E-state index in [2.05, 4.69) is 27.4 Å². The smallest absolute Gasteiger partial charge is 0.216 e. The molecule has 0 bridgehead atoms. The van der Waals surface area contributed by atoms with Crippen LogP contribution in [0.15, 0.2) is 47.1 Å². The Balaban J connectivity index is 1.93. The quantitative estimate of drug-likeness (QED) is 0.773. The average Bonchev–Trinajstić information content (AvgIpc) is 2.86. The van der Waals surface area contributed by atoms with Gasteiger partial charge in [-0.05, 0) is 25.3 Å². The van der Waals surface area contributed by atoms with Gasteiger partial charge in [0.1, 0.15) is 17.6 Å². The molecular weight excluding hydrogens is 238 g/mol. The minimum atomic E-state index is -0.0213. The highest BCUT2D eigenvalue weighted by molar-refractivity contribution is 5.91. The Bertz CT molecular complexity index is 700. The number of nitrogens with one attached hydrogen (secondary N) is 1. The molecule has 0 fully saturated rings. The summed E-state index contributed by atoms with van der Waals surface area (Å²) in [5, 5.41) is 5.61. The van der Waals surface area contributed by atoms with E-state index < -0.39 is 0 Å². The molecule has 19 heavy (non-hydrogen) atoms. The fourth-order valence-corrected chi connectivity index (χ4v) is 2.07. The fourth-order valence-electron chi connectivity index (χ4n) is 2.07. The first-order valence-corrected chi connectivity index (χ1v) is 6.26. The minimum absolute atomic E-state index is 0.0213. The lowest BCUT2D eigenvalue weighted by Gasteiger charge is -2.13. The number of pyridine rings is 1. The van der Waals surface area contributed by atoms with E-state index in [1.165, 1.54) is 0 Å². The fraction of sp³-hybridized carbons (Fsp3) is 0.200. The van der Waals surface area contributed by atoms with Gasteiger partial charge >= 0.3 is 0 Å². The van der Waals surface area contributed by atoms with Crippen molar-refractivity contribution in [3.63, 3.8) is 0 Å². The lowest BCUT2D eigenvalue weighted by Crippen LogP contribution is -2.08. The molecular formula is C15H15N3O. The van der Waals surface area contributed by atoms with Crippen LogP contribution in [0.25, 0.3) is 10.8 Å². The SMILES string of the molecule is Cc1cnc(C(C)Nc2nccc3ccccc23)o1. The van der Waals surface area contributed by atoms with Crippen LogP contribution in [0.3, 0.4) is 0 Å². The van der Waals surface area contributed by atoms with Gasteiger partial charge in [0.25, 0.3) is 0 Å². The second kappa shape index (κ2) is 4.72. The number of oxazole rings is 1. The number of aryl methyl sites for hydroxylation is 1. The molecule has 1 aromatic carbocycles. The third kappa shape index (κ3) is 2.29. The standard InChI is InChI=1S/C15H15N3O/c1-10-9-17-15(19-10)11(2)18-14-13-6-4-3-5-12(13)7-8-16-14/h3-9,11H,1-2H3,(H,16,18). The van der Waals surface area contributed by atoms with Crippen LogP contribution in [-0.4, -0.2) is 9.97 Å². The van der Waals surface area contributed by atoms with E-state index in [9.17, 15) is 0 Å². The van der Waals surface area contributed by atoms with Crippen molar-refractivity contribution >= 4 is 16.6 Å². The van der Waals surface area contributed by atoms with Gasteiger partial charge in [0.2, 0.25) is 5.89 Å². The van der Waals surface area contributed by atoms with Crippen LogP contribution in [0.4, 0.5) is 5.82 Å². The van der Waals surface area contributed by atoms with Gasteiger partial charge in [-0.3, -0.25) is 0 Å². The van der Waals surface area contributed by atoms with E-state index in [1.54, 1.807) is 12.4 Å². The zero-order chi connectivity index (χ0) is 13.2. The number of hydrogen-bond acceptors (Lipinski definition) is 4. The maximum atomic E-state index is 5.53. The summed E-state index contributed by atoms with van der Waals surface area (Å²) >= 11 is 0. The van der Waals surface area contributed by atoms with Crippen molar-refractivity contribution in [3.05, 3.63) is 54.4 Å². The second-order valence-electron chi connectivity index (χ2n) is 4.56. The highest BCUT2D eigenvalue weighted by Crippen LogP contribution is 2.24. The van der Waals surface area contributed by atoms with Gasteiger partial charge < -0.3 is 9.73 Å². The maximum Gasteiger partial charge on any atom is 0.216 e. The molecule has 4 nitrogen and oxygen atoms in total. The molecule has 3 aromatic rings. The summed E-state index contributed by atoms with van der Waals surface area (Å²) in [6.45, 7) is 3.90. The highest BCUT2D eigenvalue weighted by Gasteiger charge is 2.12. The van der Waals surface area contributed by atoms with Crippen molar-refractivity contribution in [1.29, 1.82) is 0 Å². The molecule has 2 heterocycles. The Hall–Kier alpha value is -2.36. The highest BCUT2D eigenvalue weighted by atomic mass is 16.4. The molecule has 0 aliphatic carbocycles. The Kier molecular flexibility index (Phi) is 2.91. The van der Waals surface area contributed by atoms with Crippen molar-refractivity contribution in [2.24, 2.45) is 0 Å². The van der Waals surface area contributed by atoms with Gasteiger partial charge in [-0.15, -0.1) is 0 Å². The van der Waals surface area contributed by atoms with Crippen LogP contribution in [0.5, 0.6) is 0 Å². The lowest BCUT2D eigenvalue weighted by atomic mass is 10.1. The minimum Gasteiger partial charge on any atom is -0.444 e. The number of nitrogens with zero attached hydrogens (tertiary/aromatic N) is 2. The summed E-state index contributed by atoms with van der Waals surface area (Å²) in [7, 11) is 0. The summed E-state index contributed by atoms with van der Waals surface area (Å²) in [6, 6.07) is 10.1. The zero-order valence-corrected chi connectivity index (χ0v) is 10.9. The van der Waals surface area contributed by atoms with Gasteiger partial charge in [-0.2, -0.15) is 0 Å². The molecule has 0 aliphatic heterocycles. The first-order valence-electron chi connectivity index (χ1n) is 6.26. The van der Waals surface area contributed by atoms with Crippen LogP contribution in [-0.2, 0) is 0 Å². The van der Waals surface area contributed by atoms with Gasteiger partial charge in [-0.1, -0.05) is 24.3 Å². The molecule has 0 radical (unpaired) electrons. The Morgan fingerprint density at radius 2 is 2.00 bits per heavy atom. The molecule has 0 saturated carbocycles. The van der Waals surface area contributed by atoms with Crippen LogP contribution in [0, 0.1) is 6.92 Å². The molecule has 2 aromatic heterocycles. The van der Waals surface area contributed by atoms with Crippen LogP contribution in [0.1, 0.15) is 24.6 Å². The number of hydrogen-bond donors (Lipinski definition) is 1. The van der Waals surface area contributed by atoms with E-state index in [1.807, 2.05) is 32.0 Å². The van der Waals surface area contributed by atoms with Gasteiger partial charge in [0, 0.05) is 11.6 Å². The maximum absolute atomic E-state index is 5.53. The van der Waals surface area contributed by atoms with Crippen molar-refractivity contribution < 1.29 is 4.42 Å². The Labute approximate surface area is 111 Å². The molecule has 4 heteroatoms. The molecule has 3 rings (SSSR count). The lowest BCUT2D eigenvalue weighted by molar-refractivity contribution is 0.453. The first kappa shape index (κ1) is 11.7. The van der Waals surface area contributed by atoms with E-state index in [0.717, 1.165) is 22.4 Å². The number of fused-ring (bicyclic) bond motifs is 1. The van der Waals surface area contributed by atoms with Gasteiger partial charge in [0.05, 0.1) is 6.20 Å². The average molecular weight is 253 g/mol. The third-order valence-electron chi connectivity index (χ3n) is 3.04. The molecule has 0 amide bonds. The van der Waals surface area contributed by atoms with Gasteiger partial charge in [0.15, 0.2) is 0 Å². The molecule has 0 spiro atoms. The normalized spacial score (nSPS) is 12.5. The predicted octanol–water partition coefficient (Wildman–Crippen LogP) is 3.70. The Morgan fingerprint density at radius 1 is 1.16 bits per heavy atom. The van der Waals surface area contributed by atoms with Crippen LogP contribution >= 0.6 is 0 Å². The monoisotopic (exact) mass is 253 g/mol. The van der Waals surface area contributed by atoms with E-state index in [0.29, 0.717) is 5.89 Å². The van der Waals surface area contributed by atoms with Crippen molar-refractivity contribution in [1.82, 2.24) is 9.97 Å². The van der Waals surface area contributed by atoms with Crippen molar-refractivity contribution in [2.75, 3.05) is 5.32 Å². The van der Waals surface area contributed by atoms with Crippen molar-refractivity contribution in [2.45, 2.75) is 19.9 Å². The first-order chi connectivity index (χ1) is 9.24. The zero-order valence-electron chi connectivity index (χ0n) is 10.9. The Morgan fingerprint density at radius 3 is 2.79 bits per heavy atom. The van der Waals surface area contributed by atoms with E-state index in [-0.39, 0.29) is 6.04 Å². The molecule has 1 atom stereocenters. The summed E-state index contributed by atoms with van der Waals surface area (Å²) in [5.74, 6) is 2.34. The molecule has 0 aliphatic rings. The van der Waals surface area contributed by atoms with E-state index >= 15 is 0 Å². The molecule has 1 N–H and O–H groups in total. The van der Waals surface area contributed by atoms with Crippen LogP contribution in [0.2, 0.25) is 0 Å². The van der Waals surface area contributed by atoms with Crippen molar-refractivity contribution in [3.8, 4) is 0 Å². The largest absolute Gasteiger partial charge is 0.444 e. The number of aromatic nitrogens is 2. The topological polar surface area (TPSA) is 51.0 Å². The molecule has 96 valence electrons. The summed E-state index contributed by atoms with van der Waals surface area (Å²) in [4.78, 5) is 8.63. The summed E-state index contributed by atoms with van der Waals surface area (Å²) in [5.41, 5.74) is 0.